The maximum absolute atomic E-state index is 11.4. The first-order valence-electron chi connectivity index (χ1n) is 5.21. The number of hydrogen-bond donors (Lipinski definition) is 0. The number of carbonyl (C=O) groups excluding carboxylic acids is 1. The minimum atomic E-state index is -0.250. The van der Waals surface area contributed by atoms with E-state index in [0.29, 0.717) is 12.2 Å². The van der Waals surface area contributed by atoms with Gasteiger partial charge in [0.25, 0.3) is 0 Å². The van der Waals surface area contributed by atoms with Gasteiger partial charge in [0.2, 0.25) is 0 Å². The van der Waals surface area contributed by atoms with E-state index >= 15 is 0 Å². The molecule has 2 heteroatoms. The van der Waals surface area contributed by atoms with Crippen LogP contribution in [0.5, 0.6) is 0 Å². The normalized spacial score (nSPS) is 10.5. The SMILES string of the molecule is CCC=CCCOC(=O)c1ccccc1. The molecule has 1 aromatic carbocycles. The molecule has 80 valence electrons. The number of rotatable bonds is 5. The number of allylic oxidation sites excluding steroid dienone is 1. The van der Waals surface area contributed by atoms with Crippen LogP contribution in [-0.4, -0.2) is 12.6 Å². The fourth-order valence-corrected chi connectivity index (χ4v) is 1.16. The summed E-state index contributed by atoms with van der Waals surface area (Å²) >= 11 is 0. The number of hydrogen-bond acceptors (Lipinski definition) is 2. The maximum Gasteiger partial charge on any atom is 0.338 e. The van der Waals surface area contributed by atoms with E-state index in [1.165, 1.54) is 0 Å². The van der Waals surface area contributed by atoms with E-state index in [1.54, 1.807) is 12.1 Å². The van der Waals surface area contributed by atoms with E-state index < -0.39 is 0 Å². The van der Waals surface area contributed by atoms with Crippen molar-refractivity contribution in [2.24, 2.45) is 0 Å². The van der Waals surface area contributed by atoms with E-state index in [4.69, 9.17) is 4.74 Å². The molecule has 0 saturated carbocycles. The zero-order valence-corrected chi connectivity index (χ0v) is 8.98. The standard InChI is InChI=1S/C13H16O2/c1-2-3-4-8-11-15-13(14)12-9-6-5-7-10-12/h3-7,9-10H,2,8,11H2,1H3. The van der Waals surface area contributed by atoms with Gasteiger partial charge in [-0.15, -0.1) is 0 Å². The third-order valence-electron chi connectivity index (χ3n) is 1.93. The number of ether oxygens (including phenoxy) is 1. The summed E-state index contributed by atoms with van der Waals surface area (Å²) in [6.07, 6.45) is 5.90. The van der Waals surface area contributed by atoms with Crippen molar-refractivity contribution in [3.63, 3.8) is 0 Å². The first-order valence-corrected chi connectivity index (χ1v) is 5.21. The molecule has 15 heavy (non-hydrogen) atoms. The van der Waals surface area contributed by atoms with Gasteiger partial charge in [-0.2, -0.15) is 0 Å². The zero-order chi connectivity index (χ0) is 10.9. The van der Waals surface area contributed by atoms with Gasteiger partial charge in [-0.1, -0.05) is 37.3 Å². The third kappa shape index (κ3) is 4.45. The molecule has 0 aliphatic heterocycles. The van der Waals surface area contributed by atoms with Crippen molar-refractivity contribution in [1.29, 1.82) is 0 Å². The highest BCUT2D eigenvalue weighted by Gasteiger charge is 2.03. The van der Waals surface area contributed by atoms with Gasteiger partial charge in [0, 0.05) is 0 Å². The second-order valence-corrected chi connectivity index (χ2v) is 3.17. The van der Waals surface area contributed by atoms with Crippen LogP contribution in [0.3, 0.4) is 0 Å². The van der Waals surface area contributed by atoms with Gasteiger partial charge in [-0.3, -0.25) is 0 Å². The van der Waals surface area contributed by atoms with Crippen molar-refractivity contribution in [3.05, 3.63) is 48.0 Å². The van der Waals surface area contributed by atoms with E-state index in [2.05, 4.69) is 13.0 Å². The Morgan fingerprint density at radius 2 is 2.00 bits per heavy atom. The first kappa shape index (κ1) is 11.5. The Kier molecular flexibility index (Phi) is 5.23. The lowest BCUT2D eigenvalue weighted by atomic mass is 10.2. The van der Waals surface area contributed by atoms with Crippen LogP contribution >= 0.6 is 0 Å². The molecule has 0 fully saturated rings. The van der Waals surface area contributed by atoms with Crippen LogP contribution < -0.4 is 0 Å². The van der Waals surface area contributed by atoms with Crippen LogP contribution in [0.25, 0.3) is 0 Å². The molecule has 0 heterocycles. The van der Waals surface area contributed by atoms with Gasteiger partial charge in [0.05, 0.1) is 12.2 Å². The van der Waals surface area contributed by atoms with Crippen LogP contribution in [-0.2, 0) is 4.74 Å². The number of esters is 1. The molecule has 0 aliphatic rings. The van der Waals surface area contributed by atoms with E-state index in [0.717, 1.165) is 12.8 Å². The molecule has 2 nitrogen and oxygen atoms in total. The smallest absolute Gasteiger partial charge is 0.338 e. The molecule has 1 aromatic rings. The predicted molar refractivity (Wildman–Crippen MR) is 60.8 cm³/mol. The van der Waals surface area contributed by atoms with Crippen LogP contribution in [0.1, 0.15) is 30.1 Å². The molecule has 0 unspecified atom stereocenters. The van der Waals surface area contributed by atoms with Gasteiger partial charge >= 0.3 is 5.97 Å². The van der Waals surface area contributed by atoms with E-state index in [9.17, 15) is 4.79 Å². The Bertz CT molecular complexity index is 315. The lowest BCUT2D eigenvalue weighted by Crippen LogP contribution is -2.05. The van der Waals surface area contributed by atoms with Crippen molar-refractivity contribution in [2.75, 3.05) is 6.61 Å². The summed E-state index contributed by atoms with van der Waals surface area (Å²) in [6, 6.07) is 9.04. The summed E-state index contributed by atoms with van der Waals surface area (Å²) in [5, 5.41) is 0. The van der Waals surface area contributed by atoms with Gasteiger partial charge in [0.15, 0.2) is 0 Å². The average Bonchev–Trinajstić information content (AvgIpc) is 2.30. The number of carbonyl (C=O) groups is 1. The third-order valence-corrected chi connectivity index (χ3v) is 1.93. The molecule has 0 aliphatic carbocycles. The molecule has 0 bridgehead atoms. The first-order chi connectivity index (χ1) is 7.34. The Hall–Kier alpha value is -1.57. The fourth-order valence-electron chi connectivity index (χ4n) is 1.16. The second-order valence-electron chi connectivity index (χ2n) is 3.17. The molecule has 0 amide bonds. The van der Waals surface area contributed by atoms with Gasteiger partial charge in [-0.05, 0) is 25.0 Å². The van der Waals surface area contributed by atoms with Crippen molar-refractivity contribution < 1.29 is 9.53 Å². The van der Waals surface area contributed by atoms with Crippen molar-refractivity contribution in [1.82, 2.24) is 0 Å². The predicted octanol–water partition coefficient (Wildman–Crippen LogP) is 3.20. The van der Waals surface area contributed by atoms with Gasteiger partial charge in [-0.25, -0.2) is 4.79 Å². The van der Waals surface area contributed by atoms with Crippen LogP contribution in [0.4, 0.5) is 0 Å². The van der Waals surface area contributed by atoms with Gasteiger partial charge < -0.3 is 4.74 Å². The lowest BCUT2D eigenvalue weighted by molar-refractivity contribution is 0.0511. The molecule has 1 rings (SSSR count). The Morgan fingerprint density at radius 1 is 1.27 bits per heavy atom. The molecule has 0 saturated heterocycles. The van der Waals surface area contributed by atoms with Crippen LogP contribution in [0.15, 0.2) is 42.5 Å². The molecule has 0 atom stereocenters. The van der Waals surface area contributed by atoms with E-state index in [1.807, 2.05) is 24.3 Å². The highest BCUT2D eigenvalue weighted by Crippen LogP contribution is 2.01. The van der Waals surface area contributed by atoms with Crippen LogP contribution in [0, 0.1) is 0 Å². The average molecular weight is 204 g/mol. The Labute approximate surface area is 90.6 Å². The van der Waals surface area contributed by atoms with Crippen molar-refractivity contribution >= 4 is 5.97 Å². The lowest BCUT2D eigenvalue weighted by Gasteiger charge is -2.02. The quantitative estimate of drug-likeness (QED) is 0.418. The molecule has 0 N–H and O–H groups in total. The highest BCUT2D eigenvalue weighted by atomic mass is 16.5. The van der Waals surface area contributed by atoms with Crippen LogP contribution in [0.2, 0.25) is 0 Å². The van der Waals surface area contributed by atoms with Crippen molar-refractivity contribution in [3.8, 4) is 0 Å². The second kappa shape index (κ2) is 6.82. The molecule has 0 aromatic heterocycles. The summed E-state index contributed by atoms with van der Waals surface area (Å²) < 4.78 is 5.08. The topological polar surface area (TPSA) is 26.3 Å². The summed E-state index contributed by atoms with van der Waals surface area (Å²) in [5.41, 5.74) is 0.608. The summed E-state index contributed by atoms with van der Waals surface area (Å²) in [4.78, 5) is 11.4. The molecular weight excluding hydrogens is 188 g/mol. The monoisotopic (exact) mass is 204 g/mol. The molecule has 0 spiro atoms. The fraction of sp³-hybridized carbons (Fsp3) is 0.308. The Balaban J connectivity index is 2.28. The summed E-state index contributed by atoms with van der Waals surface area (Å²) in [5.74, 6) is -0.250. The minimum absolute atomic E-state index is 0.250. The highest BCUT2D eigenvalue weighted by molar-refractivity contribution is 5.89. The summed E-state index contributed by atoms with van der Waals surface area (Å²) in [7, 11) is 0. The number of benzene rings is 1. The molecule has 0 radical (unpaired) electrons. The Morgan fingerprint density at radius 3 is 2.67 bits per heavy atom. The maximum atomic E-state index is 11.4. The van der Waals surface area contributed by atoms with E-state index in [-0.39, 0.29) is 5.97 Å². The van der Waals surface area contributed by atoms with Crippen molar-refractivity contribution in [2.45, 2.75) is 19.8 Å². The minimum Gasteiger partial charge on any atom is -0.462 e. The molecular formula is C13H16O2. The summed E-state index contributed by atoms with van der Waals surface area (Å²) in [6.45, 7) is 2.52. The zero-order valence-electron chi connectivity index (χ0n) is 8.98. The largest absolute Gasteiger partial charge is 0.462 e. The van der Waals surface area contributed by atoms with Gasteiger partial charge in [0.1, 0.15) is 0 Å².